The number of para-hydroxylation sites is 2. The first-order valence-electron chi connectivity index (χ1n) is 6.21. The second-order valence-electron chi connectivity index (χ2n) is 4.08. The largest absolute Gasteiger partial charge is 0.493 e. The van der Waals surface area contributed by atoms with Crippen LogP contribution in [0.1, 0.15) is 32.6 Å². The van der Waals surface area contributed by atoms with Gasteiger partial charge in [-0.1, -0.05) is 25.5 Å². The van der Waals surface area contributed by atoms with E-state index in [0.29, 0.717) is 6.61 Å². The van der Waals surface area contributed by atoms with Crippen LogP contribution in [0, 0.1) is 0 Å². The molecule has 0 heterocycles. The molecule has 0 aromatic heterocycles. The molecule has 0 amide bonds. The Hall–Kier alpha value is -1.22. The van der Waals surface area contributed by atoms with Crippen LogP contribution in [0.4, 0.5) is 0 Å². The summed E-state index contributed by atoms with van der Waals surface area (Å²) in [6.45, 7) is 2.69. The summed E-state index contributed by atoms with van der Waals surface area (Å²) in [5, 5.41) is 9.57. The lowest BCUT2D eigenvalue weighted by atomic mass is 10.1. The number of methoxy groups -OCH3 is 1. The zero-order valence-electron chi connectivity index (χ0n) is 10.7. The molecule has 0 spiro atoms. The van der Waals surface area contributed by atoms with Gasteiger partial charge in [0.15, 0.2) is 11.5 Å². The van der Waals surface area contributed by atoms with E-state index in [2.05, 4.69) is 6.92 Å². The molecule has 0 saturated carbocycles. The summed E-state index contributed by atoms with van der Waals surface area (Å²) in [5.74, 6) is 1.52. The monoisotopic (exact) mass is 238 g/mol. The van der Waals surface area contributed by atoms with E-state index in [9.17, 15) is 5.11 Å². The van der Waals surface area contributed by atoms with Crippen molar-refractivity contribution in [2.24, 2.45) is 0 Å². The average molecular weight is 238 g/mol. The normalized spacial score (nSPS) is 12.2. The second kappa shape index (κ2) is 7.96. The number of ether oxygens (including phenoxy) is 2. The molecule has 1 atom stereocenters. The first kappa shape index (κ1) is 13.8. The molecule has 0 bridgehead atoms. The standard InChI is InChI=1S/C14H22O3/c1-3-7-12(15)8-6-11-17-14-10-5-4-9-13(14)16-2/h4-5,9-10,12,15H,3,6-8,11H2,1-2H3. The van der Waals surface area contributed by atoms with Gasteiger partial charge in [0.1, 0.15) is 0 Å². The molecular weight excluding hydrogens is 216 g/mol. The Bertz CT molecular complexity index is 312. The zero-order valence-corrected chi connectivity index (χ0v) is 10.7. The highest BCUT2D eigenvalue weighted by molar-refractivity contribution is 5.39. The fraction of sp³-hybridized carbons (Fsp3) is 0.571. The van der Waals surface area contributed by atoms with Crippen LogP contribution in [0.15, 0.2) is 24.3 Å². The van der Waals surface area contributed by atoms with Gasteiger partial charge in [-0.2, -0.15) is 0 Å². The molecule has 1 aromatic carbocycles. The average Bonchev–Trinajstić information content (AvgIpc) is 2.35. The van der Waals surface area contributed by atoms with E-state index in [-0.39, 0.29) is 6.10 Å². The second-order valence-corrected chi connectivity index (χ2v) is 4.08. The highest BCUT2D eigenvalue weighted by atomic mass is 16.5. The fourth-order valence-electron chi connectivity index (χ4n) is 1.72. The summed E-state index contributed by atoms with van der Waals surface area (Å²) in [6, 6.07) is 7.60. The van der Waals surface area contributed by atoms with Crippen molar-refractivity contribution in [3.63, 3.8) is 0 Å². The maximum absolute atomic E-state index is 9.57. The molecule has 0 aliphatic carbocycles. The van der Waals surface area contributed by atoms with E-state index in [1.54, 1.807) is 7.11 Å². The van der Waals surface area contributed by atoms with Crippen LogP contribution < -0.4 is 9.47 Å². The van der Waals surface area contributed by atoms with Crippen LogP contribution in [0.3, 0.4) is 0 Å². The van der Waals surface area contributed by atoms with E-state index in [4.69, 9.17) is 9.47 Å². The molecule has 1 aromatic rings. The number of rotatable bonds is 8. The molecule has 0 saturated heterocycles. The third-order valence-electron chi connectivity index (χ3n) is 2.63. The first-order valence-corrected chi connectivity index (χ1v) is 6.21. The van der Waals surface area contributed by atoms with Crippen molar-refractivity contribution in [1.29, 1.82) is 0 Å². The molecule has 17 heavy (non-hydrogen) atoms. The van der Waals surface area contributed by atoms with Crippen molar-refractivity contribution >= 4 is 0 Å². The Morgan fingerprint density at radius 3 is 2.53 bits per heavy atom. The number of benzene rings is 1. The smallest absolute Gasteiger partial charge is 0.161 e. The van der Waals surface area contributed by atoms with Gasteiger partial charge < -0.3 is 14.6 Å². The van der Waals surface area contributed by atoms with Crippen molar-refractivity contribution in [3.8, 4) is 11.5 Å². The Morgan fingerprint density at radius 1 is 1.18 bits per heavy atom. The van der Waals surface area contributed by atoms with Gasteiger partial charge in [0.25, 0.3) is 0 Å². The zero-order chi connectivity index (χ0) is 12.5. The Balaban J connectivity index is 2.26. The summed E-state index contributed by atoms with van der Waals surface area (Å²) in [6.07, 6.45) is 3.35. The Kier molecular flexibility index (Phi) is 6.48. The highest BCUT2D eigenvalue weighted by Crippen LogP contribution is 2.25. The molecule has 0 fully saturated rings. The maximum Gasteiger partial charge on any atom is 0.161 e. The Morgan fingerprint density at radius 2 is 1.88 bits per heavy atom. The molecule has 3 heteroatoms. The lowest BCUT2D eigenvalue weighted by Crippen LogP contribution is -2.08. The quantitative estimate of drug-likeness (QED) is 0.707. The number of hydrogen-bond acceptors (Lipinski definition) is 3. The van der Waals surface area contributed by atoms with Crippen LogP contribution in [0.5, 0.6) is 11.5 Å². The van der Waals surface area contributed by atoms with Crippen LogP contribution in [-0.4, -0.2) is 24.9 Å². The highest BCUT2D eigenvalue weighted by Gasteiger charge is 2.04. The van der Waals surface area contributed by atoms with Crippen LogP contribution in [0.25, 0.3) is 0 Å². The van der Waals surface area contributed by atoms with Crippen LogP contribution in [0.2, 0.25) is 0 Å². The molecule has 0 aliphatic heterocycles. The van der Waals surface area contributed by atoms with E-state index in [1.807, 2.05) is 24.3 Å². The van der Waals surface area contributed by atoms with Crippen molar-refractivity contribution in [3.05, 3.63) is 24.3 Å². The van der Waals surface area contributed by atoms with Gasteiger partial charge >= 0.3 is 0 Å². The lowest BCUT2D eigenvalue weighted by Gasteiger charge is -2.12. The van der Waals surface area contributed by atoms with Gasteiger partial charge in [-0.25, -0.2) is 0 Å². The van der Waals surface area contributed by atoms with Gasteiger partial charge in [-0.3, -0.25) is 0 Å². The molecular formula is C14H22O3. The van der Waals surface area contributed by atoms with Gasteiger partial charge in [0.2, 0.25) is 0 Å². The van der Waals surface area contributed by atoms with Gasteiger partial charge in [-0.05, 0) is 31.4 Å². The van der Waals surface area contributed by atoms with Gasteiger partial charge in [-0.15, -0.1) is 0 Å². The molecule has 1 unspecified atom stereocenters. The van der Waals surface area contributed by atoms with Crippen LogP contribution >= 0.6 is 0 Å². The summed E-state index contributed by atoms with van der Waals surface area (Å²) in [5.41, 5.74) is 0. The molecule has 1 N–H and O–H groups in total. The van der Waals surface area contributed by atoms with Crippen molar-refractivity contribution in [2.75, 3.05) is 13.7 Å². The predicted octanol–water partition coefficient (Wildman–Crippen LogP) is 3.02. The Labute approximate surface area is 103 Å². The molecule has 0 radical (unpaired) electrons. The molecule has 3 nitrogen and oxygen atoms in total. The lowest BCUT2D eigenvalue weighted by molar-refractivity contribution is 0.142. The minimum atomic E-state index is -0.193. The van der Waals surface area contributed by atoms with Crippen molar-refractivity contribution in [1.82, 2.24) is 0 Å². The van der Waals surface area contributed by atoms with E-state index in [1.165, 1.54) is 0 Å². The van der Waals surface area contributed by atoms with E-state index < -0.39 is 0 Å². The number of aliphatic hydroxyl groups excluding tert-OH is 1. The summed E-state index contributed by atoms with van der Waals surface area (Å²) < 4.78 is 10.8. The van der Waals surface area contributed by atoms with Gasteiger partial charge in [0, 0.05) is 0 Å². The SMILES string of the molecule is CCCC(O)CCCOc1ccccc1OC. The summed E-state index contributed by atoms with van der Waals surface area (Å²) in [4.78, 5) is 0. The third kappa shape index (κ3) is 5.09. The van der Waals surface area contributed by atoms with Crippen molar-refractivity contribution < 1.29 is 14.6 Å². The topological polar surface area (TPSA) is 38.7 Å². The van der Waals surface area contributed by atoms with E-state index >= 15 is 0 Å². The summed E-state index contributed by atoms with van der Waals surface area (Å²) in [7, 11) is 1.63. The fourth-order valence-corrected chi connectivity index (χ4v) is 1.72. The third-order valence-corrected chi connectivity index (χ3v) is 2.63. The van der Waals surface area contributed by atoms with E-state index in [0.717, 1.165) is 37.2 Å². The number of hydrogen-bond donors (Lipinski definition) is 1. The van der Waals surface area contributed by atoms with Gasteiger partial charge in [0.05, 0.1) is 19.8 Å². The predicted molar refractivity (Wildman–Crippen MR) is 68.6 cm³/mol. The van der Waals surface area contributed by atoms with Crippen molar-refractivity contribution in [2.45, 2.75) is 38.7 Å². The minimum Gasteiger partial charge on any atom is -0.493 e. The molecule has 96 valence electrons. The maximum atomic E-state index is 9.57. The number of aliphatic hydroxyl groups is 1. The first-order chi connectivity index (χ1) is 8.27. The molecule has 0 aliphatic rings. The summed E-state index contributed by atoms with van der Waals surface area (Å²) >= 11 is 0. The van der Waals surface area contributed by atoms with Crippen LogP contribution in [-0.2, 0) is 0 Å². The molecule has 1 rings (SSSR count). The minimum absolute atomic E-state index is 0.193.